The summed E-state index contributed by atoms with van der Waals surface area (Å²) in [5, 5.41) is 0. The van der Waals surface area contributed by atoms with Gasteiger partial charge in [0.15, 0.2) is 0 Å². The van der Waals surface area contributed by atoms with Crippen molar-refractivity contribution < 1.29 is 14.3 Å². The van der Waals surface area contributed by atoms with Crippen LogP contribution in [-0.2, 0) is 0 Å². The largest absolute Gasteiger partial charge is 0.490 e. The highest BCUT2D eigenvalue weighted by molar-refractivity contribution is 5.85. The molecule has 1 fully saturated rings. The van der Waals surface area contributed by atoms with E-state index in [9.17, 15) is 4.79 Å². The van der Waals surface area contributed by atoms with Crippen LogP contribution in [0, 0.1) is 0 Å². The fraction of sp³-hybridized carbons (Fsp3) is 0.333. The van der Waals surface area contributed by atoms with Crippen molar-refractivity contribution in [1.82, 2.24) is 9.88 Å². The number of likely N-dealkylation sites (tertiary alicyclic amines) is 1. The molecule has 1 saturated heterocycles. The molecule has 2 aromatic rings. The summed E-state index contributed by atoms with van der Waals surface area (Å²) in [4.78, 5) is 18.2. The Labute approximate surface area is 160 Å². The highest BCUT2D eigenvalue weighted by Gasteiger charge is 2.28. The van der Waals surface area contributed by atoms with Gasteiger partial charge in [0.25, 0.3) is 0 Å². The fourth-order valence-corrected chi connectivity index (χ4v) is 2.69. The number of hydrogen-bond donors (Lipinski definition) is 0. The zero-order valence-electron chi connectivity index (χ0n) is 13.7. The molecule has 136 valence electrons. The molecule has 1 unspecified atom stereocenters. The SMILES string of the molecule is Cl.Cl.O=C(Oc1ccccc1)N1CCCCC1COc1cccnc1. The zero-order chi connectivity index (χ0) is 15.9. The number of carbonyl (C=O) groups is 1. The predicted molar refractivity (Wildman–Crippen MR) is 101 cm³/mol. The van der Waals surface area contributed by atoms with Crippen molar-refractivity contribution in [2.75, 3.05) is 13.2 Å². The third kappa shape index (κ3) is 6.11. The monoisotopic (exact) mass is 384 g/mol. The lowest BCUT2D eigenvalue weighted by Crippen LogP contribution is -2.47. The molecule has 1 amide bonds. The van der Waals surface area contributed by atoms with Gasteiger partial charge in [-0.15, -0.1) is 24.8 Å². The fourth-order valence-electron chi connectivity index (χ4n) is 2.69. The second-order valence-corrected chi connectivity index (χ2v) is 5.52. The van der Waals surface area contributed by atoms with Crippen molar-refractivity contribution in [2.24, 2.45) is 0 Å². The van der Waals surface area contributed by atoms with Crippen LogP contribution in [0.3, 0.4) is 0 Å². The van der Waals surface area contributed by atoms with E-state index in [2.05, 4.69) is 4.98 Å². The number of halogens is 2. The lowest BCUT2D eigenvalue weighted by Gasteiger charge is -2.34. The van der Waals surface area contributed by atoms with Gasteiger partial charge in [-0.1, -0.05) is 18.2 Å². The number of piperidine rings is 1. The molecule has 5 nitrogen and oxygen atoms in total. The van der Waals surface area contributed by atoms with Crippen molar-refractivity contribution in [1.29, 1.82) is 0 Å². The van der Waals surface area contributed by atoms with E-state index in [-0.39, 0.29) is 36.9 Å². The minimum atomic E-state index is -0.310. The number of benzene rings is 1. The summed E-state index contributed by atoms with van der Waals surface area (Å²) >= 11 is 0. The molecule has 1 aliphatic rings. The van der Waals surface area contributed by atoms with Gasteiger partial charge >= 0.3 is 6.09 Å². The second-order valence-electron chi connectivity index (χ2n) is 5.52. The van der Waals surface area contributed by atoms with E-state index in [1.165, 1.54) is 0 Å². The Morgan fingerprint density at radius 1 is 1.08 bits per heavy atom. The van der Waals surface area contributed by atoms with E-state index in [1.54, 1.807) is 29.4 Å². The van der Waals surface area contributed by atoms with E-state index < -0.39 is 0 Å². The third-order valence-electron chi connectivity index (χ3n) is 3.89. The third-order valence-corrected chi connectivity index (χ3v) is 3.89. The molecular formula is C18H22Cl2N2O3. The molecule has 1 aromatic heterocycles. The molecular weight excluding hydrogens is 363 g/mol. The van der Waals surface area contributed by atoms with E-state index in [1.807, 2.05) is 30.3 Å². The zero-order valence-corrected chi connectivity index (χ0v) is 15.4. The molecule has 25 heavy (non-hydrogen) atoms. The minimum Gasteiger partial charge on any atom is -0.490 e. The second kappa shape index (κ2) is 10.8. The molecule has 0 aliphatic carbocycles. The van der Waals surface area contributed by atoms with E-state index in [0.717, 1.165) is 25.0 Å². The maximum absolute atomic E-state index is 12.4. The minimum absolute atomic E-state index is 0. The summed E-state index contributed by atoms with van der Waals surface area (Å²) in [5.74, 6) is 1.28. The van der Waals surface area contributed by atoms with E-state index in [4.69, 9.17) is 9.47 Å². The van der Waals surface area contributed by atoms with Crippen LogP contribution in [0.25, 0.3) is 0 Å². The van der Waals surface area contributed by atoms with Crippen LogP contribution >= 0.6 is 24.8 Å². The number of amides is 1. The van der Waals surface area contributed by atoms with Gasteiger partial charge in [-0.3, -0.25) is 4.98 Å². The Hall–Kier alpha value is -1.98. The molecule has 0 bridgehead atoms. The highest BCUT2D eigenvalue weighted by atomic mass is 35.5. The van der Waals surface area contributed by atoms with Gasteiger partial charge in [0, 0.05) is 12.7 Å². The van der Waals surface area contributed by atoms with Crippen LogP contribution in [0.4, 0.5) is 4.79 Å². The number of hydrogen-bond acceptors (Lipinski definition) is 4. The van der Waals surface area contributed by atoms with E-state index in [0.29, 0.717) is 18.9 Å². The first-order chi connectivity index (χ1) is 11.3. The van der Waals surface area contributed by atoms with Crippen molar-refractivity contribution in [3.05, 3.63) is 54.9 Å². The van der Waals surface area contributed by atoms with Crippen molar-refractivity contribution >= 4 is 30.9 Å². The number of carbonyl (C=O) groups excluding carboxylic acids is 1. The summed E-state index contributed by atoms with van der Waals surface area (Å²) in [6, 6.07) is 12.9. The first-order valence-electron chi connectivity index (χ1n) is 7.89. The van der Waals surface area contributed by atoms with Gasteiger partial charge in [-0.05, 0) is 43.5 Å². The molecule has 2 heterocycles. The average Bonchev–Trinajstić information content (AvgIpc) is 2.62. The molecule has 3 rings (SSSR count). The van der Waals surface area contributed by atoms with Crippen LogP contribution < -0.4 is 9.47 Å². The molecule has 0 saturated carbocycles. The average molecular weight is 385 g/mol. The summed E-state index contributed by atoms with van der Waals surface area (Å²) < 4.78 is 11.2. The van der Waals surface area contributed by atoms with E-state index >= 15 is 0 Å². The van der Waals surface area contributed by atoms with Crippen LogP contribution in [-0.4, -0.2) is 35.2 Å². The van der Waals surface area contributed by atoms with Gasteiger partial charge in [0.05, 0.1) is 12.2 Å². The van der Waals surface area contributed by atoms with Crippen molar-refractivity contribution in [3.63, 3.8) is 0 Å². The topological polar surface area (TPSA) is 51.7 Å². The molecule has 1 aliphatic heterocycles. The smallest absolute Gasteiger partial charge is 0.415 e. The summed E-state index contributed by atoms with van der Waals surface area (Å²) in [6.45, 7) is 1.16. The van der Waals surface area contributed by atoms with Crippen LogP contribution in [0.15, 0.2) is 54.9 Å². The van der Waals surface area contributed by atoms with Crippen LogP contribution in [0.1, 0.15) is 19.3 Å². The number of para-hydroxylation sites is 1. The Morgan fingerprint density at radius 3 is 2.56 bits per heavy atom. The number of rotatable bonds is 4. The van der Waals surface area contributed by atoms with Gasteiger partial charge in [0.2, 0.25) is 0 Å². The maximum Gasteiger partial charge on any atom is 0.415 e. The Kier molecular flexibility index (Phi) is 9.10. The highest BCUT2D eigenvalue weighted by Crippen LogP contribution is 2.20. The van der Waals surface area contributed by atoms with Crippen LogP contribution in [0.5, 0.6) is 11.5 Å². The Balaban J connectivity index is 0.00000156. The van der Waals surface area contributed by atoms with Crippen molar-refractivity contribution in [2.45, 2.75) is 25.3 Å². The Bertz CT molecular complexity index is 629. The Morgan fingerprint density at radius 2 is 1.84 bits per heavy atom. The maximum atomic E-state index is 12.4. The molecule has 0 N–H and O–H groups in total. The van der Waals surface area contributed by atoms with Crippen LogP contribution in [0.2, 0.25) is 0 Å². The molecule has 0 spiro atoms. The lowest BCUT2D eigenvalue weighted by atomic mass is 10.0. The molecule has 0 radical (unpaired) electrons. The quantitative estimate of drug-likeness (QED) is 0.785. The number of ether oxygens (including phenoxy) is 2. The van der Waals surface area contributed by atoms with Gasteiger partial charge < -0.3 is 14.4 Å². The van der Waals surface area contributed by atoms with Crippen molar-refractivity contribution in [3.8, 4) is 11.5 Å². The lowest BCUT2D eigenvalue weighted by molar-refractivity contribution is 0.0885. The number of pyridine rings is 1. The molecule has 1 atom stereocenters. The number of nitrogens with zero attached hydrogens (tertiary/aromatic N) is 2. The standard InChI is InChI=1S/C18H20N2O3.2ClH/c21-18(23-16-8-2-1-3-9-16)20-12-5-4-7-15(20)14-22-17-10-6-11-19-13-17;;/h1-3,6,8-11,13,15H,4-5,7,12,14H2;2*1H. The normalized spacial score (nSPS) is 16.2. The van der Waals surface area contributed by atoms with Gasteiger partial charge in [0.1, 0.15) is 18.1 Å². The summed E-state index contributed by atoms with van der Waals surface area (Å²) in [6.07, 6.45) is 6.08. The summed E-state index contributed by atoms with van der Waals surface area (Å²) in [5.41, 5.74) is 0. The molecule has 1 aromatic carbocycles. The molecule has 7 heteroatoms. The first kappa shape index (κ1) is 21.1. The summed E-state index contributed by atoms with van der Waals surface area (Å²) in [7, 11) is 0. The first-order valence-corrected chi connectivity index (χ1v) is 7.89. The van der Waals surface area contributed by atoms with Gasteiger partial charge in [-0.25, -0.2) is 4.79 Å². The number of aromatic nitrogens is 1. The van der Waals surface area contributed by atoms with Gasteiger partial charge in [-0.2, -0.15) is 0 Å². The predicted octanol–water partition coefficient (Wildman–Crippen LogP) is 4.36.